The highest BCUT2D eigenvalue weighted by molar-refractivity contribution is 8.00. The molecule has 1 aromatic carbocycles. The van der Waals surface area contributed by atoms with Crippen LogP contribution in [-0.2, 0) is 18.3 Å². The van der Waals surface area contributed by atoms with Gasteiger partial charge in [0.05, 0.1) is 5.25 Å². The highest BCUT2D eigenvalue weighted by Gasteiger charge is 2.23. The highest BCUT2D eigenvalue weighted by Crippen LogP contribution is 2.24. The smallest absolute Gasteiger partial charge is 0.257 e. The minimum atomic E-state index is -0.285. The molecule has 2 unspecified atom stereocenters. The summed E-state index contributed by atoms with van der Waals surface area (Å²) in [6, 6.07) is 10.1. The minimum absolute atomic E-state index is 0.0121. The Morgan fingerprint density at radius 3 is 2.45 bits per heavy atom. The van der Waals surface area contributed by atoms with Crippen LogP contribution in [0.1, 0.15) is 63.8 Å². The van der Waals surface area contributed by atoms with E-state index in [4.69, 9.17) is 4.98 Å². The van der Waals surface area contributed by atoms with Crippen molar-refractivity contribution in [3.8, 4) is 0 Å². The summed E-state index contributed by atoms with van der Waals surface area (Å²) < 4.78 is 1.58. The molecule has 2 aromatic rings. The summed E-state index contributed by atoms with van der Waals surface area (Å²) in [4.78, 5) is 33.1. The second-order valence-electron chi connectivity index (χ2n) is 8.58. The normalized spacial score (nSPS) is 13.2. The number of aryl methyl sites for hydroxylation is 1. The third-order valence-corrected chi connectivity index (χ3v) is 7.49. The Labute approximate surface area is 203 Å². The van der Waals surface area contributed by atoms with Gasteiger partial charge in [-0.25, -0.2) is 4.98 Å². The maximum absolute atomic E-state index is 13.1. The van der Waals surface area contributed by atoms with Gasteiger partial charge in [0, 0.05) is 30.8 Å². The molecule has 1 heterocycles. The molecule has 0 aliphatic rings. The Hall–Kier alpha value is -2.12. The van der Waals surface area contributed by atoms with Crippen molar-refractivity contribution >= 4 is 17.7 Å². The molecule has 1 amide bonds. The van der Waals surface area contributed by atoms with Gasteiger partial charge in [0.15, 0.2) is 5.16 Å². The van der Waals surface area contributed by atoms with Crippen LogP contribution in [0.3, 0.4) is 0 Å². The first kappa shape index (κ1) is 27.1. The monoisotopic (exact) mass is 472 g/mol. The Morgan fingerprint density at radius 2 is 1.85 bits per heavy atom. The summed E-state index contributed by atoms with van der Waals surface area (Å²) in [5, 5.41) is 3.46. The molecule has 0 saturated carbocycles. The summed E-state index contributed by atoms with van der Waals surface area (Å²) in [5.41, 5.74) is 2.46. The lowest BCUT2D eigenvalue weighted by Crippen LogP contribution is -2.39. The lowest BCUT2D eigenvalue weighted by molar-refractivity contribution is -0.121. The summed E-state index contributed by atoms with van der Waals surface area (Å²) >= 11 is 1.38. The molecule has 6 nitrogen and oxygen atoms in total. The number of nitrogens with one attached hydrogen (secondary N) is 1. The molecule has 7 heteroatoms. The second-order valence-corrected chi connectivity index (χ2v) is 9.75. The molecule has 33 heavy (non-hydrogen) atoms. The summed E-state index contributed by atoms with van der Waals surface area (Å²) in [6.07, 6.45) is 3.24. The Morgan fingerprint density at radius 1 is 1.18 bits per heavy atom. The Balaban J connectivity index is 2.03. The fraction of sp³-hybridized carbons (Fsp3) is 0.577. The van der Waals surface area contributed by atoms with E-state index in [1.54, 1.807) is 11.6 Å². The topological polar surface area (TPSA) is 67.2 Å². The first-order valence-corrected chi connectivity index (χ1v) is 13.0. The molecule has 1 aromatic heterocycles. The van der Waals surface area contributed by atoms with Gasteiger partial charge in [-0.2, -0.15) is 0 Å². The van der Waals surface area contributed by atoms with E-state index in [-0.39, 0.29) is 22.8 Å². The van der Waals surface area contributed by atoms with Crippen LogP contribution in [0, 0.1) is 6.92 Å². The number of carbonyl (C=O) groups excluding carboxylic acids is 1. The zero-order chi connectivity index (χ0) is 24.4. The van der Waals surface area contributed by atoms with Gasteiger partial charge in [0.1, 0.15) is 0 Å². The minimum Gasteiger partial charge on any atom is -0.353 e. The highest BCUT2D eigenvalue weighted by atomic mass is 32.2. The van der Waals surface area contributed by atoms with E-state index in [9.17, 15) is 9.59 Å². The van der Waals surface area contributed by atoms with Crippen molar-refractivity contribution in [2.45, 2.75) is 76.8 Å². The molecular weight excluding hydrogens is 432 g/mol. The van der Waals surface area contributed by atoms with Crippen molar-refractivity contribution in [2.24, 2.45) is 7.05 Å². The third kappa shape index (κ3) is 8.00. The number of hydrogen-bond acceptors (Lipinski definition) is 5. The van der Waals surface area contributed by atoms with Gasteiger partial charge in [-0.15, -0.1) is 0 Å². The Bertz CT molecular complexity index is 941. The molecule has 0 radical (unpaired) electrons. The summed E-state index contributed by atoms with van der Waals surface area (Å²) in [6.45, 7) is 13.5. The van der Waals surface area contributed by atoms with Crippen LogP contribution in [0.15, 0.2) is 40.3 Å². The number of carbonyl (C=O) groups is 1. The molecule has 0 bridgehead atoms. The Kier molecular flexibility index (Phi) is 11.1. The van der Waals surface area contributed by atoms with Crippen LogP contribution < -0.4 is 10.9 Å². The lowest BCUT2D eigenvalue weighted by atomic mass is 10.1. The van der Waals surface area contributed by atoms with Crippen LogP contribution in [0.4, 0.5) is 0 Å². The first-order chi connectivity index (χ1) is 15.8. The van der Waals surface area contributed by atoms with Gasteiger partial charge in [-0.05, 0) is 58.3 Å². The lowest BCUT2D eigenvalue weighted by Gasteiger charge is -2.22. The molecule has 0 aliphatic heterocycles. The number of thioether (sulfide) groups is 1. The van der Waals surface area contributed by atoms with E-state index < -0.39 is 0 Å². The van der Waals surface area contributed by atoms with E-state index in [0.717, 1.165) is 43.7 Å². The predicted molar refractivity (Wildman–Crippen MR) is 138 cm³/mol. The summed E-state index contributed by atoms with van der Waals surface area (Å²) in [7, 11) is 1.74. The quantitative estimate of drug-likeness (QED) is 0.350. The van der Waals surface area contributed by atoms with Crippen LogP contribution in [0.2, 0.25) is 0 Å². The molecule has 1 N–H and O–H groups in total. The van der Waals surface area contributed by atoms with Crippen molar-refractivity contribution in [1.82, 2.24) is 19.8 Å². The number of benzene rings is 1. The standard InChI is InChI=1S/C26H40N4O2S/c1-7-23(24(31)27-19(4)14-13-17-30(8-2)9-3)33-26-28-20(5)22(25(32)29(26)6)18-21-15-11-10-12-16-21/h10-12,15-16,19,23H,7-9,13-14,17-18H2,1-6H3,(H,27,31). The number of amides is 1. The maximum atomic E-state index is 13.1. The van der Waals surface area contributed by atoms with E-state index in [2.05, 4.69) is 31.0 Å². The number of aromatic nitrogens is 2. The summed E-state index contributed by atoms with van der Waals surface area (Å²) in [5.74, 6) is 0.0121. The second kappa shape index (κ2) is 13.6. The van der Waals surface area contributed by atoms with Crippen molar-refractivity contribution in [3.05, 3.63) is 57.5 Å². The van der Waals surface area contributed by atoms with Crippen LogP contribution in [0.25, 0.3) is 0 Å². The molecule has 0 fully saturated rings. The number of nitrogens with zero attached hydrogens (tertiary/aromatic N) is 3. The van der Waals surface area contributed by atoms with Crippen LogP contribution in [-0.4, -0.2) is 51.3 Å². The van der Waals surface area contributed by atoms with Crippen LogP contribution in [0.5, 0.6) is 0 Å². The first-order valence-electron chi connectivity index (χ1n) is 12.1. The molecule has 2 rings (SSSR count). The van der Waals surface area contributed by atoms with E-state index in [1.807, 2.05) is 44.2 Å². The molecule has 2 atom stereocenters. The van der Waals surface area contributed by atoms with Gasteiger partial charge in [0.25, 0.3) is 5.56 Å². The molecule has 0 saturated heterocycles. The number of hydrogen-bond donors (Lipinski definition) is 1. The van der Waals surface area contributed by atoms with Crippen molar-refractivity contribution in [1.29, 1.82) is 0 Å². The van der Waals surface area contributed by atoms with Crippen molar-refractivity contribution in [3.63, 3.8) is 0 Å². The molecule has 0 aliphatic carbocycles. The third-order valence-electron chi connectivity index (χ3n) is 6.08. The molecular formula is C26H40N4O2S. The molecule has 182 valence electrons. The van der Waals surface area contributed by atoms with Gasteiger partial charge in [0.2, 0.25) is 5.91 Å². The zero-order valence-corrected chi connectivity index (χ0v) is 21.9. The number of rotatable bonds is 13. The van der Waals surface area contributed by atoms with E-state index >= 15 is 0 Å². The maximum Gasteiger partial charge on any atom is 0.257 e. The predicted octanol–water partition coefficient (Wildman–Crippen LogP) is 4.18. The average molecular weight is 473 g/mol. The van der Waals surface area contributed by atoms with Gasteiger partial charge >= 0.3 is 0 Å². The van der Waals surface area contributed by atoms with E-state index in [0.29, 0.717) is 23.6 Å². The van der Waals surface area contributed by atoms with Crippen molar-refractivity contribution in [2.75, 3.05) is 19.6 Å². The molecule has 0 spiro atoms. The van der Waals surface area contributed by atoms with Crippen LogP contribution >= 0.6 is 11.8 Å². The zero-order valence-electron chi connectivity index (χ0n) is 21.1. The van der Waals surface area contributed by atoms with Crippen molar-refractivity contribution < 1.29 is 4.79 Å². The average Bonchev–Trinajstić information content (AvgIpc) is 2.81. The van der Waals surface area contributed by atoms with Gasteiger partial charge < -0.3 is 10.2 Å². The van der Waals surface area contributed by atoms with Gasteiger partial charge in [-0.1, -0.05) is 62.9 Å². The van der Waals surface area contributed by atoms with Gasteiger partial charge in [-0.3, -0.25) is 14.2 Å². The fourth-order valence-corrected chi connectivity index (χ4v) is 4.88. The fourth-order valence-electron chi connectivity index (χ4n) is 3.86. The SMILES string of the molecule is CCC(Sc1nc(C)c(Cc2ccccc2)c(=O)n1C)C(=O)NC(C)CCCN(CC)CC. The van der Waals surface area contributed by atoms with E-state index in [1.165, 1.54) is 11.8 Å². The largest absolute Gasteiger partial charge is 0.353 e.